The quantitative estimate of drug-likeness (QED) is 0.653. The first kappa shape index (κ1) is 13.8. The van der Waals surface area contributed by atoms with Crippen molar-refractivity contribution in [2.75, 3.05) is 5.75 Å². The predicted molar refractivity (Wildman–Crippen MR) is 77.3 cm³/mol. The smallest absolute Gasteiger partial charge is 0.260 e. The van der Waals surface area contributed by atoms with E-state index >= 15 is 0 Å². The highest BCUT2D eigenvalue weighted by Gasteiger charge is 2.19. The number of H-pyrrole nitrogens is 1. The molecule has 19 heavy (non-hydrogen) atoms. The molecule has 1 amide bonds. The van der Waals surface area contributed by atoms with Gasteiger partial charge in [-0.25, -0.2) is 0 Å². The number of thioether (sulfide) groups is 1. The molecule has 0 unspecified atom stereocenters. The molecule has 0 radical (unpaired) electrons. The van der Waals surface area contributed by atoms with Crippen molar-refractivity contribution >= 4 is 22.6 Å². The van der Waals surface area contributed by atoms with Crippen LogP contribution in [0.15, 0.2) is 11.6 Å². The van der Waals surface area contributed by atoms with Gasteiger partial charge in [0.05, 0.1) is 10.6 Å². The van der Waals surface area contributed by atoms with Gasteiger partial charge in [0, 0.05) is 5.69 Å². The number of carbonyl (C=O) groups excluding carboxylic acids is 1. The third kappa shape index (κ3) is 2.85. The van der Waals surface area contributed by atoms with E-state index in [0.29, 0.717) is 4.91 Å². The largest absolute Gasteiger partial charge is 0.365 e. The Balaban J connectivity index is 2.48. The van der Waals surface area contributed by atoms with E-state index in [4.69, 9.17) is 11.0 Å². The van der Waals surface area contributed by atoms with Crippen molar-refractivity contribution in [1.82, 2.24) is 4.98 Å². The number of hydrogen-bond acceptors (Lipinski definition) is 3. The summed E-state index contributed by atoms with van der Waals surface area (Å²) in [5, 5.41) is 9.12. The summed E-state index contributed by atoms with van der Waals surface area (Å²) in [6.07, 6.45) is 4.49. The Morgan fingerprint density at radius 3 is 2.84 bits per heavy atom. The zero-order chi connectivity index (χ0) is 13.8. The molecule has 5 heteroatoms. The average Bonchev–Trinajstić information content (AvgIpc) is 2.81. The molecule has 0 bridgehead atoms. The molecule has 4 nitrogen and oxygen atoms in total. The van der Waals surface area contributed by atoms with Gasteiger partial charge in [-0.1, -0.05) is 6.92 Å². The number of fused-ring (bicyclic) bond motifs is 1. The van der Waals surface area contributed by atoms with Crippen LogP contribution in [0.5, 0.6) is 0 Å². The summed E-state index contributed by atoms with van der Waals surface area (Å²) in [7, 11) is 0. The molecule has 0 atom stereocenters. The number of nitrogens with zero attached hydrogens (tertiary/aromatic N) is 1. The van der Waals surface area contributed by atoms with Crippen LogP contribution in [0.25, 0.3) is 4.91 Å². The van der Waals surface area contributed by atoms with E-state index in [-0.39, 0.29) is 5.57 Å². The molecule has 1 heterocycles. The fourth-order valence-electron chi connectivity index (χ4n) is 2.37. The molecule has 0 aliphatic heterocycles. The molecule has 0 saturated carbocycles. The van der Waals surface area contributed by atoms with Gasteiger partial charge < -0.3 is 10.7 Å². The topological polar surface area (TPSA) is 82.7 Å². The van der Waals surface area contributed by atoms with Crippen LogP contribution in [0, 0.1) is 11.3 Å². The minimum atomic E-state index is -0.661. The number of aromatic nitrogens is 1. The van der Waals surface area contributed by atoms with Crippen LogP contribution in [0.2, 0.25) is 0 Å². The van der Waals surface area contributed by atoms with Crippen molar-refractivity contribution in [3.63, 3.8) is 0 Å². The van der Waals surface area contributed by atoms with Gasteiger partial charge in [0.15, 0.2) is 0 Å². The van der Waals surface area contributed by atoms with Crippen LogP contribution in [0.3, 0.4) is 0 Å². The summed E-state index contributed by atoms with van der Waals surface area (Å²) in [6.45, 7) is 1.99. The van der Waals surface area contributed by atoms with Crippen LogP contribution in [0.4, 0.5) is 0 Å². The van der Waals surface area contributed by atoms with Crippen molar-refractivity contribution in [1.29, 1.82) is 5.26 Å². The molecular weight excluding hydrogens is 258 g/mol. The molecule has 1 aliphatic rings. The number of rotatable bonds is 4. The maximum atomic E-state index is 11.4. The van der Waals surface area contributed by atoms with Gasteiger partial charge in [-0.2, -0.15) is 5.26 Å². The molecule has 0 fully saturated rings. The SMILES string of the molecule is CCSC(=C(C#N)C(N)=O)c1cc2c([nH]1)CCCC2. The molecule has 1 aliphatic carbocycles. The normalized spacial score (nSPS) is 15.4. The van der Waals surface area contributed by atoms with Gasteiger partial charge in [-0.05, 0) is 43.1 Å². The summed E-state index contributed by atoms with van der Waals surface area (Å²) < 4.78 is 0. The van der Waals surface area contributed by atoms with Gasteiger partial charge in [0.25, 0.3) is 5.91 Å². The number of nitrogens with one attached hydrogen (secondary N) is 1. The standard InChI is InChI=1S/C14H17N3OS/c1-2-19-13(10(8-15)14(16)18)12-7-9-5-3-4-6-11(9)17-12/h7,17H,2-6H2,1H3,(H2,16,18). The first-order valence-electron chi connectivity index (χ1n) is 6.45. The van der Waals surface area contributed by atoms with Crippen LogP contribution >= 0.6 is 11.8 Å². The zero-order valence-electron chi connectivity index (χ0n) is 11.0. The number of hydrogen-bond donors (Lipinski definition) is 2. The van der Waals surface area contributed by atoms with Crippen LogP contribution in [-0.4, -0.2) is 16.6 Å². The van der Waals surface area contributed by atoms with Gasteiger partial charge >= 0.3 is 0 Å². The molecule has 100 valence electrons. The molecular formula is C14H17N3OS. The van der Waals surface area contributed by atoms with Gasteiger partial charge in [0.2, 0.25) is 0 Å². The average molecular weight is 275 g/mol. The Bertz CT molecular complexity index is 542. The molecule has 1 aromatic rings. The van der Waals surface area contributed by atoms with Crippen LogP contribution in [-0.2, 0) is 17.6 Å². The van der Waals surface area contributed by atoms with E-state index in [2.05, 4.69) is 11.1 Å². The fraction of sp³-hybridized carbons (Fsp3) is 0.429. The molecule has 0 aromatic carbocycles. The second-order valence-electron chi connectivity index (χ2n) is 4.51. The van der Waals surface area contributed by atoms with Crippen molar-refractivity contribution in [3.05, 3.63) is 28.6 Å². The molecule has 0 spiro atoms. The Morgan fingerprint density at radius 2 is 2.26 bits per heavy atom. The first-order valence-corrected chi connectivity index (χ1v) is 7.44. The van der Waals surface area contributed by atoms with Crippen LogP contribution < -0.4 is 5.73 Å². The van der Waals surface area contributed by atoms with Crippen molar-refractivity contribution in [2.45, 2.75) is 32.6 Å². The molecule has 1 aromatic heterocycles. The lowest BCUT2D eigenvalue weighted by atomic mass is 9.98. The molecule has 0 saturated heterocycles. The van der Waals surface area contributed by atoms with E-state index < -0.39 is 5.91 Å². The predicted octanol–water partition coefficient (Wildman–Crippen LogP) is 2.37. The Hall–Kier alpha value is -1.67. The number of aryl methyl sites for hydroxylation is 2. The highest BCUT2D eigenvalue weighted by atomic mass is 32.2. The minimum Gasteiger partial charge on any atom is -0.365 e. The maximum Gasteiger partial charge on any atom is 0.260 e. The molecule has 3 N–H and O–H groups in total. The van der Waals surface area contributed by atoms with Gasteiger partial charge in [-0.15, -0.1) is 11.8 Å². The number of nitriles is 1. The summed E-state index contributed by atoms with van der Waals surface area (Å²) >= 11 is 1.48. The van der Waals surface area contributed by atoms with Crippen molar-refractivity contribution < 1.29 is 4.79 Å². The van der Waals surface area contributed by atoms with E-state index in [1.54, 1.807) is 0 Å². The van der Waals surface area contributed by atoms with Gasteiger partial charge in [-0.3, -0.25) is 4.79 Å². The highest BCUT2D eigenvalue weighted by molar-refractivity contribution is 8.08. The number of nitrogens with two attached hydrogens (primary N) is 1. The zero-order valence-corrected chi connectivity index (χ0v) is 11.8. The van der Waals surface area contributed by atoms with Gasteiger partial charge in [0.1, 0.15) is 11.6 Å². The van der Waals surface area contributed by atoms with E-state index in [1.807, 2.05) is 13.0 Å². The van der Waals surface area contributed by atoms with Crippen molar-refractivity contribution in [2.24, 2.45) is 5.73 Å². The Morgan fingerprint density at radius 1 is 1.53 bits per heavy atom. The van der Waals surface area contributed by atoms with Crippen molar-refractivity contribution in [3.8, 4) is 6.07 Å². The second kappa shape index (κ2) is 5.98. The summed E-state index contributed by atoms with van der Waals surface area (Å²) in [5.74, 6) is 0.128. The summed E-state index contributed by atoms with van der Waals surface area (Å²) in [6, 6.07) is 3.99. The number of primary amides is 1. The van der Waals surface area contributed by atoms with E-state index in [1.165, 1.54) is 35.9 Å². The maximum absolute atomic E-state index is 11.4. The highest BCUT2D eigenvalue weighted by Crippen LogP contribution is 2.33. The first-order chi connectivity index (χ1) is 9.17. The Kier molecular flexibility index (Phi) is 4.33. The van der Waals surface area contributed by atoms with E-state index in [0.717, 1.165) is 24.3 Å². The lowest BCUT2D eigenvalue weighted by Crippen LogP contribution is -2.14. The summed E-state index contributed by atoms with van der Waals surface area (Å²) in [4.78, 5) is 15.4. The third-order valence-electron chi connectivity index (χ3n) is 3.23. The van der Waals surface area contributed by atoms with Crippen LogP contribution in [0.1, 0.15) is 36.7 Å². The summed E-state index contributed by atoms with van der Waals surface area (Å²) in [5.41, 5.74) is 8.73. The fourth-order valence-corrected chi connectivity index (χ4v) is 3.22. The lowest BCUT2D eigenvalue weighted by molar-refractivity contribution is -0.114. The minimum absolute atomic E-state index is 0.0467. The third-order valence-corrected chi connectivity index (χ3v) is 4.23. The number of aromatic amines is 1. The molecule has 2 rings (SSSR count). The second-order valence-corrected chi connectivity index (χ2v) is 5.78. The Labute approximate surface area is 117 Å². The van der Waals surface area contributed by atoms with E-state index in [9.17, 15) is 4.79 Å². The lowest BCUT2D eigenvalue weighted by Gasteiger charge is -2.09. The monoisotopic (exact) mass is 275 g/mol. The number of amides is 1. The number of carbonyl (C=O) groups is 1.